The maximum absolute atomic E-state index is 12.8. The Labute approximate surface area is 184 Å². The molecule has 1 unspecified atom stereocenters. The predicted octanol–water partition coefficient (Wildman–Crippen LogP) is 4.45. The zero-order valence-electron chi connectivity index (χ0n) is 18.0. The molecule has 0 aliphatic carbocycles. The fraction of sp³-hybridized carbons (Fsp3) is 0.296. The number of hydrogen-bond acceptors (Lipinski definition) is 4. The average molecular weight is 415 g/mol. The zero-order valence-corrected chi connectivity index (χ0v) is 18.0. The quantitative estimate of drug-likeness (QED) is 0.620. The first kappa shape index (κ1) is 21.3. The summed E-state index contributed by atoms with van der Waals surface area (Å²) in [5, 5.41) is 10.5. The number of carbonyl (C=O) groups excluding carboxylic acids is 1. The average Bonchev–Trinajstić information content (AvgIpc) is 2.78. The third kappa shape index (κ3) is 5.22. The Morgan fingerprint density at radius 1 is 0.903 bits per heavy atom. The van der Waals surface area contributed by atoms with Gasteiger partial charge >= 0.3 is 0 Å². The van der Waals surface area contributed by atoms with E-state index in [-0.39, 0.29) is 17.6 Å². The number of rotatable bonds is 7. The maximum Gasteiger partial charge on any atom is 0.151 e. The maximum atomic E-state index is 12.8. The van der Waals surface area contributed by atoms with Crippen LogP contribution in [-0.2, 0) is 17.8 Å². The van der Waals surface area contributed by atoms with Crippen LogP contribution in [0.25, 0.3) is 0 Å². The summed E-state index contributed by atoms with van der Waals surface area (Å²) in [7, 11) is 0. The molecule has 1 N–H and O–H groups in total. The van der Waals surface area contributed by atoms with Gasteiger partial charge in [0.15, 0.2) is 5.78 Å². The molecule has 160 valence electrons. The number of benzene rings is 3. The van der Waals surface area contributed by atoms with Crippen LogP contribution in [0.15, 0.2) is 84.9 Å². The summed E-state index contributed by atoms with van der Waals surface area (Å²) < 4.78 is 0. The van der Waals surface area contributed by atoms with Gasteiger partial charge in [0, 0.05) is 37.8 Å². The van der Waals surface area contributed by atoms with Gasteiger partial charge < -0.3 is 5.11 Å². The smallest absolute Gasteiger partial charge is 0.151 e. The molecule has 0 bridgehead atoms. The third-order valence-electron chi connectivity index (χ3n) is 6.12. The molecule has 0 aromatic heterocycles. The van der Waals surface area contributed by atoms with Crippen molar-refractivity contribution in [1.29, 1.82) is 0 Å². The van der Waals surface area contributed by atoms with Crippen molar-refractivity contribution in [3.63, 3.8) is 0 Å². The van der Waals surface area contributed by atoms with Crippen LogP contribution in [0.1, 0.15) is 29.7 Å². The number of para-hydroxylation sites is 1. The van der Waals surface area contributed by atoms with Crippen molar-refractivity contribution >= 4 is 5.78 Å². The molecule has 0 amide bonds. The molecule has 4 heteroatoms. The van der Waals surface area contributed by atoms with E-state index in [4.69, 9.17) is 0 Å². The van der Waals surface area contributed by atoms with Crippen molar-refractivity contribution in [2.45, 2.75) is 32.0 Å². The summed E-state index contributed by atoms with van der Waals surface area (Å²) in [5.74, 6) is 0.254. The highest BCUT2D eigenvalue weighted by Crippen LogP contribution is 2.33. The van der Waals surface area contributed by atoms with Gasteiger partial charge in [-0.05, 0) is 30.5 Å². The second-order valence-corrected chi connectivity index (χ2v) is 8.37. The first-order valence-corrected chi connectivity index (χ1v) is 11.0. The Hall–Kier alpha value is -2.95. The van der Waals surface area contributed by atoms with E-state index in [0.29, 0.717) is 5.56 Å². The molecule has 2 atom stereocenters. The van der Waals surface area contributed by atoms with Crippen molar-refractivity contribution in [3.8, 4) is 5.75 Å². The Balaban J connectivity index is 1.61. The summed E-state index contributed by atoms with van der Waals surface area (Å²) in [6, 6.07) is 28.0. The molecule has 4 nitrogen and oxygen atoms in total. The van der Waals surface area contributed by atoms with E-state index < -0.39 is 6.04 Å². The summed E-state index contributed by atoms with van der Waals surface area (Å²) >= 11 is 0. The Bertz CT molecular complexity index is 990. The topological polar surface area (TPSA) is 43.8 Å². The van der Waals surface area contributed by atoms with Crippen LogP contribution in [0, 0.1) is 0 Å². The minimum atomic E-state index is -0.436. The van der Waals surface area contributed by atoms with Gasteiger partial charge in [-0.15, -0.1) is 0 Å². The van der Waals surface area contributed by atoms with Gasteiger partial charge in [0.1, 0.15) is 5.75 Å². The molecule has 1 fully saturated rings. The molecule has 4 rings (SSSR count). The number of carbonyl (C=O) groups is 1. The number of hydrogen-bond donors (Lipinski definition) is 1. The lowest BCUT2D eigenvalue weighted by Gasteiger charge is -2.45. The van der Waals surface area contributed by atoms with Crippen molar-refractivity contribution < 1.29 is 9.90 Å². The number of aromatic hydroxyl groups is 1. The van der Waals surface area contributed by atoms with Crippen LogP contribution in [-0.4, -0.2) is 46.4 Å². The molecule has 31 heavy (non-hydrogen) atoms. The molecular formula is C27H30N2O2. The van der Waals surface area contributed by atoms with Crippen LogP contribution in [0.5, 0.6) is 5.75 Å². The first-order chi connectivity index (χ1) is 15.1. The normalized spacial score (nSPS) is 18.5. The molecule has 0 spiro atoms. The minimum Gasteiger partial charge on any atom is -0.508 e. The van der Waals surface area contributed by atoms with Gasteiger partial charge in [0.05, 0.1) is 6.04 Å². The van der Waals surface area contributed by atoms with Gasteiger partial charge in [-0.25, -0.2) is 0 Å². The molecule has 1 aliphatic heterocycles. The fourth-order valence-corrected chi connectivity index (χ4v) is 4.68. The number of Topliss-reactive ketones (excluding diaryl/α,β-unsaturated/α-hetero) is 1. The van der Waals surface area contributed by atoms with E-state index in [1.54, 1.807) is 19.1 Å². The second kappa shape index (κ2) is 9.90. The van der Waals surface area contributed by atoms with Crippen LogP contribution >= 0.6 is 0 Å². The SMILES string of the molecule is CC(=O)[C@@H](c1ccccc1O)N1CCN(Cc2ccccc2)CC1Cc1ccccc1. The van der Waals surface area contributed by atoms with Crippen molar-refractivity contribution in [3.05, 3.63) is 102 Å². The lowest BCUT2D eigenvalue weighted by atomic mass is 9.94. The Morgan fingerprint density at radius 2 is 1.52 bits per heavy atom. The highest BCUT2D eigenvalue weighted by Gasteiger charge is 2.36. The molecule has 1 heterocycles. The van der Waals surface area contributed by atoms with Gasteiger partial charge in [0.2, 0.25) is 0 Å². The third-order valence-corrected chi connectivity index (χ3v) is 6.12. The van der Waals surface area contributed by atoms with Crippen molar-refractivity contribution in [2.24, 2.45) is 0 Å². The number of phenolic OH excluding ortho intramolecular Hbond substituents is 1. The number of ketones is 1. The highest BCUT2D eigenvalue weighted by atomic mass is 16.3. The molecule has 0 saturated carbocycles. The summed E-state index contributed by atoms with van der Waals surface area (Å²) in [5.41, 5.74) is 3.27. The van der Waals surface area contributed by atoms with E-state index in [9.17, 15) is 9.90 Å². The predicted molar refractivity (Wildman–Crippen MR) is 124 cm³/mol. The Morgan fingerprint density at radius 3 is 2.16 bits per heavy atom. The van der Waals surface area contributed by atoms with Gasteiger partial charge in [-0.2, -0.15) is 0 Å². The molecule has 0 radical (unpaired) electrons. The van der Waals surface area contributed by atoms with Crippen molar-refractivity contribution in [2.75, 3.05) is 19.6 Å². The van der Waals surface area contributed by atoms with E-state index >= 15 is 0 Å². The van der Waals surface area contributed by atoms with Gasteiger partial charge in [-0.1, -0.05) is 78.9 Å². The number of piperazine rings is 1. The van der Waals surface area contributed by atoms with E-state index in [1.807, 2.05) is 24.3 Å². The summed E-state index contributed by atoms with van der Waals surface area (Å²) in [6.45, 7) is 5.08. The van der Waals surface area contributed by atoms with E-state index in [2.05, 4.69) is 58.3 Å². The lowest BCUT2D eigenvalue weighted by Crippen LogP contribution is -2.55. The molecule has 3 aromatic carbocycles. The minimum absolute atomic E-state index is 0.0658. The lowest BCUT2D eigenvalue weighted by molar-refractivity contribution is -0.124. The molecule has 1 aliphatic rings. The largest absolute Gasteiger partial charge is 0.508 e. The summed E-state index contributed by atoms with van der Waals surface area (Å²) in [4.78, 5) is 17.6. The van der Waals surface area contributed by atoms with E-state index in [1.165, 1.54) is 11.1 Å². The van der Waals surface area contributed by atoms with Crippen LogP contribution < -0.4 is 0 Å². The van der Waals surface area contributed by atoms with Crippen LogP contribution in [0.2, 0.25) is 0 Å². The van der Waals surface area contributed by atoms with Crippen LogP contribution in [0.3, 0.4) is 0 Å². The number of phenols is 1. The molecular weight excluding hydrogens is 384 g/mol. The fourth-order valence-electron chi connectivity index (χ4n) is 4.68. The van der Waals surface area contributed by atoms with Crippen molar-refractivity contribution in [1.82, 2.24) is 9.80 Å². The second-order valence-electron chi connectivity index (χ2n) is 8.37. The monoisotopic (exact) mass is 414 g/mol. The van der Waals surface area contributed by atoms with E-state index in [0.717, 1.165) is 32.6 Å². The zero-order chi connectivity index (χ0) is 21.6. The standard InChI is InChI=1S/C27H30N2O2/c1-21(30)27(25-14-8-9-15-26(25)31)29-17-16-28(19-23-12-6-3-7-13-23)20-24(29)18-22-10-4-2-5-11-22/h2-15,24,27,31H,16-20H2,1H3/t24?,27-/m0/s1. The molecule has 3 aromatic rings. The first-order valence-electron chi connectivity index (χ1n) is 11.0. The van der Waals surface area contributed by atoms with Gasteiger partial charge in [0.25, 0.3) is 0 Å². The number of nitrogens with zero attached hydrogens (tertiary/aromatic N) is 2. The highest BCUT2D eigenvalue weighted by molar-refractivity contribution is 5.83. The summed E-state index contributed by atoms with van der Waals surface area (Å²) in [6.07, 6.45) is 0.865. The van der Waals surface area contributed by atoms with Gasteiger partial charge in [-0.3, -0.25) is 14.6 Å². The molecule has 1 saturated heterocycles. The Kier molecular flexibility index (Phi) is 6.80. The van der Waals surface area contributed by atoms with Crippen LogP contribution in [0.4, 0.5) is 0 Å².